The van der Waals surface area contributed by atoms with Gasteiger partial charge in [0.2, 0.25) is 5.91 Å². The Morgan fingerprint density at radius 1 is 0.679 bits per heavy atom. The lowest BCUT2D eigenvalue weighted by atomic mass is 10.0. The van der Waals surface area contributed by atoms with Crippen LogP contribution in [-0.4, -0.2) is 31.2 Å². The first kappa shape index (κ1) is 27.4. The van der Waals surface area contributed by atoms with Crippen molar-refractivity contribution in [3.63, 3.8) is 0 Å². The van der Waals surface area contributed by atoms with Crippen LogP contribution in [0.25, 0.3) is 0 Å². The van der Waals surface area contributed by atoms with Crippen molar-refractivity contribution in [2.24, 2.45) is 0 Å². The normalized spacial score (nSPS) is 11.6. The SMILES string of the molecule is CCCCCCCCCCCCCCCCCC(=O)NCCCCS(=O)(=O)O. The van der Waals surface area contributed by atoms with Crippen molar-refractivity contribution in [3.8, 4) is 0 Å². The van der Waals surface area contributed by atoms with Gasteiger partial charge in [0.15, 0.2) is 0 Å². The van der Waals surface area contributed by atoms with Gasteiger partial charge in [0.05, 0.1) is 5.75 Å². The van der Waals surface area contributed by atoms with E-state index in [1.54, 1.807) is 0 Å². The number of rotatable bonds is 21. The highest BCUT2D eigenvalue weighted by Crippen LogP contribution is 2.13. The molecule has 0 aliphatic heterocycles. The van der Waals surface area contributed by atoms with Crippen LogP contribution in [0.4, 0.5) is 0 Å². The monoisotopic (exact) mass is 419 g/mol. The average molecular weight is 420 g/mol. The van der Waals surface area contributed by atoms with Crippen LogP contribution in [0, 0.1) is 0 Å². The summed E-state index contributed by atoms with van der Waals surface area (Å²) >= 11 is 0. The molecule has 0 aromatic carbocycles. The zero-order valence-electron chi connectivity index (χ0n) is 18.2. The van der Waals surface area contributed by atoms with Crippen LogP contribution in [-0.2, 0) is 14.9 Å². The quantitative estimate of drug-likeness (QED) is 0.176. The number of carbonyl (C=O) groups excluding carboxylic acids is 1. The molecule has 0 rings (SSSR count). The zero-order chi connectivity index (χ0) is 20.9. The number of hydrogen-bond acceptors (Lipinski definition) is 3. The van der Waals surface area contributed by atoms with Gasteiger partial charge in [-0.2, -0.15) is 8.42 Å². The second-order valence-corrected chi connectivity index (χ2v) is 9.61. The molecule has 0 radical (unpaired) electrons. The molecule has 0 fully saturated rings. The van der Waals surface area contributed by atoms with Gasteiger partial charge in [-0.05, 0) is 19.3 Å². The summed E-state index contributed by atoms with van der Waals surface area (Å²) in [6, 6.07) is 0. The molecule has 0 aromatic rings. The molecule has 1 amide bonds. The second kappa shape index (κ2) is 19.7. The van der Waals surface area contributed by atoms with Crippen molar-refractivity contribution in [2.75, 3.05) is 12.3 Å². The minimum atomic E-state index is -3.88. The summed E-state index contributed by atoms with van der Waals surface area (Å²) in [5, 5.41) is 2.80. The van der Waals surface area contributed by atoms with E-state index >= 15 is 0 Å². The third-order valence-electron chi connectivity index (χ3n) is 5.16. The first-order chi connectivity index (χ1) is 13.5. The lowest BCUT2D eigenvalue weighted by Gasteiger charge is -2.05. The molecule has 0 aromatic heterocycles. The van der Waals surface area contributed by atoms with Gasteiger partial charge in [0.1, 0.15) is 0 Å². The van der Waals surface area contributed by atoms with Crippen molar-refractivity contribution in [1.29, 1.82) is 0 Å². The first-order valence-corrected chi connectivity index (χ1v) is 13.3. The van der Waals surface area contributed by atoms with Crippen LogP contribution < -0.4 is 5.32 Å². The fourth-order valence-electron chi connectivity index (χ4n) is 3.38. The highest BCUT2D eigenvalue weighted by atomic mass is 32.2. The lowest BCUT2D eigenvalue weighted by molar-refractivity contribution is -0.121. The molecule has 6 heteroatoms. The summed E-state index contributed by atoms with van der Waals surface area (Å²) in [5.74, 6) is -0.191. The van der Waals surface area contributed by atoms with Crippen LogP contribution in [0.2, 0.25) is 0 Å². The Balaban J connectivity index is 3.19. The van der Waals surface area contributed by atoms with Crippen LogP contribution in [0.3, 0.4) is 0 Å². The van der Waals surface area contributed by atoms with Crippen molar-refractivity contribution >= 4 is 16.0 Å². The molecule has 0 saturated carbocycles. The second-order valence-electron chi connectivity index (χ2n) is 8.04. The van der Waals surface area contributed by atoms with E-state index in [-0.39, 0.29) is 11.7 Å². The van der Waals surface area contributed by atoms with Gasteiger partial charge in [-0.25, -0.2) is 0 Å². The van der Waals surface area contributed by atoms with Crippen LogP contribution in [0.5, 0.6) is 0 Å². The van der Waals surface area contributed by atoms with E-state index in [0.29, 0.717) is 25.8 Å². The summed E-state index contributed by atoms with van der Waals surface area (Å²) in [6.45, 7) is 2.74. The van der Waals surface area contributed by atoms with Crippen molar-refractivity contribution < 1.29 is 17.8 Å². The smallest absolute Gasteiger partial charge is 0.264 e. The Bertz CT molecular complexity index is 451. The minimum absolute atomic E-state index is 0.0431. The van der Waals surface area contributed by atoms with Crippen LogP contribution in [0.1, 0.15) is 122 Å². The fraction of sp³-hybridized carbons (Fsp3) is 0.955. The highest BCUT2D eigenvalue weighted by Gasteiger charge is 2.04. The summed E-state index contributed by atoms with van der Waals surface area (Å²) < 4.78 is 29.7. The Morgan fingerprint density at radius 3 is 1.54 bits per heavy atom. The van der Waals surface area contributed by atoms with E-state index in [2.05, 4.69) is 12.2 Å². The average Bonchev–Trinajstić information content (AvgIpc) is 2.63. The maximum atomic E-state index is 11.7. The zero-order valence-corrected chi connectivity index (χ0v) is 19.0. The predicted octanol–water partition coefficient (Wildman–Crippen LogP) is 6.03. The number of carbonyl (C=O) groups is 1. The van der Waals surface area contributed by atoms with Gasteiger partial charge in [-0.3, -0.25) is 9.35 Å². The molecule has 0 bridgehead atoms. The fourth-order valence-corrected chi connectivity index (χ4v) is 3.95. The number of nitrogens with one attached hydrogen (secondary N) is 1. The van der Waals surface area contributed by atoms with Crippen LogP contribution in [0.15, 0.2) is 0 Å². The summed E-state index contributed by atoms with van der Waals surface area (Å²) in [6.07, 6.45) is 21.2. The molecule has 0 spiro atoms. The maximum Gasteiger partial charge on any atom is 0.264 e. The van der Waals surface area contributed by atoms with Gasteiger partial charge in [-0.15, -0.1) is 0 Å². The predicted molar refractivity (Wildman–Crippen MR) is 118 cm³/mol. The minimum Gasteiger partial charge on any atom is -0.356 e. The Labute approximate surface area is 174 Å². The van der Waals surface area contributed by atoms with Crippen molar-refractivity contribution in [3.05, 3.63) is 0 Å². The highest BCUT2D eigenvalue weighted by molar-refractivity contribution is 7.85. The molecule has 0 aliphatic rings. The van der Waals surface area contributed by atoms with Crippen LogP contribution >= 0.6 is 0 Å². The van der Waals surface area contributed by atoms with Gasteiger partial charge < -0.3 is 5.32 Å². The summed E-state index contributed by atoms with van der Waals surface area (Å²) in [7, 11) is -3.88. The molecule has 2 N–H and O–H groups in total. The van der Waals surface area contributed by atoms with E-state index in [0.717, 1.165) is 12.8 Å². The number of unbranched alkanes of at least 4 members (excludes halogenated alkanes) is 15. The molecular weight excluding hydrogens is 374 g/mol. The van der Waals surface area contributed by atoms with E-state index < -0.39 is 10.1 Å². The van der Waals surface area contributed by atoms with E-state index in [9.17, 15) is 13.2 Å². The molecule has 0 unspecified atom stereocenters. The Morgan fingerprint density at radius 2 is 1.11 bits per heavy atom. The first-order valence-electron chi connectivity index (χ1n) is 11.7. The maximum absolute atomic E-state index is 11.7. The lowest BCUT2D eigenvalue weighted by Crippen LogP contribution is -2.24. The molecule has 168 valence electrons. The van der Waals surface area contributed by atoms with Crippen molar-refractivity contribution in [2.45, 2.75) is 122 Å². The van der Waals surface area contributed by atoms with E-state index in [1.165, 1.54) is 83.5 Å². The van der Waals surface area contributed by atoms with Crippen molar-refractivity contribution in [1.82, 2.24) is 5.32 Å². The Kier molecular flexibility index (Phi) is 19.2. The molecule has 5 nitrogen and oxygen atoms in total. The van der Waals surface area contributed by atoms with Gasteiger partial charge in [0, 0.05) is 13.0 Å². The van der Waals surface area contributed by atoms with Gasteiger partial charge in [0.25, 0.3) is 10.1 Å². The van der Waals surface area contributed by atoms with Gasteiger partial charge in [-0.1, -0.05) is 96.8 Å². The number of amides is 1. The van der Waals surface area contributed by atoms with E-state index in [4.69, 9.17) is 4.55 Å². The summed E-state index contributed by atoms with van der Waals surface area (Å²) in [4.78, 5) is 11.7. The molecule has 0 heterocycles. The molecule has 0 atom stereocenters. The standard InChI is InChI=1S/C22H45NO4S/c1-2-3-4-5-6-7-8-9-10-11-12-13-14-15-16-19-22(24)23-20-17-18-21-28(25,26)27/h2-21H2,1H3,(H,23,24)(H,25,26,27). The number of hydrogen-bond donors (Lipinski definition) is 2. The van der Waals surface area contributed by atoms with Gasteiger partial charge >= 0.3 is 0 Å². The molecule has 0 aliphatic carbocycles. The largest absolute Gasteiger partial charge is 0.356 e. The molecule has 0 saturated heterocycles. The third-order valence-corrected chi connectivity index (χ3v) is 5.96. The molecular formula is C22H45NO4S. The Hall–Kier alpha value is -0.620. The topological polar surface area (TPSA) is 83.5 Å². The van der Waals surface area contributed by atoms with E-state index in [1.807, 2.05) is 0 Å². The summed E-state index contributed by atoms with van der Waals surface area (Å²) in [5.41, 5.74) is 0. The third kappa shape index (κ3) is 23.4. The molecule has 28 heavy (non-hydrogen) atoms.